The predicted molar refractivity (Wildman–Crippen MR) is 120 cm³/mol. The Hall–Kier alpha value is -3.19. The molecule has 4 aromatic rings. The van der Waals surface area contributed by atoms with Crippen LogP contribution in [-0.2, 0) is 0 Å². The second-order valence-electron chi connectivity index (χ2n) is 10.2. The van der Waals surface area contributed by atoms with Crippen LogP contribution in [0.2, 0.25) is 0 Å². The number of furan rings is 1. The topological polar surface area (TPSA) is 89.0 Å². The maximum Gasteiger partial charge on any atom is 0.166 e. The minimum Gasteiger partial charge on any atom is -0.472 e. The number of hydrogen-bond acceptors (Lipinski definition) is 6. The van der Waals surface area contributed by atoms with Crippen molar-refractivity contribution in [3.8, 4) is 16.9 Å². The first-order chi connectivity index (χ1) is 15.6. The van der Waals surface area contributed by atoms with Crippen LogP contribution in [0.3, 0.4) is 0 Å². The van der Waals surface area contributed by atoms with Crippen molar-refractivity contribution in [3.05, 3.63) is 55.4 Å². The first-order valence-corrected chi connectivity index (χ1v) is 11.4. The minimum atomic E-state index is -0.497. The number of anilines is 1. The first-order valence-electron chi connectivity index (χ1n) is 11.4. The van der Waals surface area contributed by atoms with Crippen molar-refractivity contribution in [2.24, 2.45) is 11.8 Å². The van der Waals surface area contributed by atoms with Gasteiger partial charge in [-0.25, -0.2) is 9.97 Å². The van der Waals surface area contributed by atoms with E-state index in [2.05, 4.69) is 15.3 Å². The van der Waals surface area contributed by atoms with Gasteiger partial charge in [-0.3, -0.25) is 9.55 Å². The van der Waals surface area contributed by atoms with E-state index in [1.807, 2.05) is 41.2 Å². The number of pyridine rings is 2. The maximum atomic E-state index is 11.1. The SMILES string of the molecule is OC12CC3CC(C1)CC(Nc1ccc4ncn(-c5ccnc(-c6ccoc6)c5)c4n1)(C3)C2. The third-order valence-electron chi connectivity index (χ3n) is 7.66. The van der Waals surface area contributed by atoms with Gasteiger partial charge in [-0.2, -0.15) is 0 Å². The Morgan fingerprint density at radius 2 is 1.94 bits per heavy atom. The van der Waals surface area contributed by atoms with Gasteiger partial charge in [0.15, 0.2) is 5.65 Å². The summed E-state index contributed by atoms with van der Waals surface area (Å²) in [6.07, 6.45) is 13.2. The van der Waals surface area contributed by atoms with E-state index < -0.39 is 5.60 Å². The van der Waals surface area contributed by atoms with Gasteiger partial charge in [0, 0.05) is 17.3 Å². The van der Waals surface area contributed by atoms with Crippen LogP contribution in [0.25, 0.3) is 28.1 Å². The Balaban J connectivity index is 1.25. The predicted octanol–water partition coefficient (Wildman–Crippen LogP) is 4.57. The van der Waals surface area contributed by atoms with E-state index in [0.29, 0.717) is 11.8 Å². The van der Waals surface area contributed by atoms with Gasteiger partial charge < -0.3 is 14.8 Å². The summed E-state index contributed by atoms with van der Waals surface area (Å²) in [5, 5.41) is 14.9. The van der Waals surface area contributed by atoms with E-state index in [-0.39, 0.29) is 5.54 Å². The lowest BCUT2D eigenvalue weighted by molar-refractivity contribution is -0.127. The summed E-state index contributed by atoms with van der Waals surface area (Å²) in [6, 6.07) is 9.92. The van der Waals surface area contributed by atoms with Crippen LogP contribution in [0.1, 0.15) is 38.5 Å². The van der Waals surface area contributed by atoms with Gasteiger partial charge in [0.05, 0.1) is 29.5 Å². The summed E-state index contributed by atoms with van der Waals surface area (Å²) in [7, 11) is 0. The third kappa shape index (κ3) is 2.88. The number of aromatic nitrogens is 4. The van der Waals surface area contributed by atoms with Crippen LogP contribution in [-0.4, -0.2) is 35.8 Å². The third-order valence-corrected chi connectivity index (χ3v) is 7.66. The van der Waals surface area contributed by atoms with Crippen molar-refractivity contribution in [1.29, 1.82) is 0 Å². The number of fused-ring (bicyclic) bond motifs is 1. The van der Waals surface area contributed by atoms with E-state index in [9.17, 15) is 5.11 Å². The van der Waals surface area contributed by atoms with Crippen molar-refractivity contribution < 1.29 is 9.52 Å². The zero-order valence-corrected chi connectivity index (χ0v) is 17.7. The molecular weight excluding hydrogens is 402 g/mol. The summed E-state index contributed by atoms with van der Waals surface area (Å²) in [5.41, 5.74) is 3.84. The second-order valence-corrected chi connectivity index (χ2v) is 10.2. The van der Waals surface area contributed by atoms with Crippen LogP contribution in [0.4, 0.5) is 5.82 Å². The highest BCUT2D eigenvalue weighted by Gasteiger charge is 2.57. The van der Waals surface area contributed by atoms with E-state index in [1.54, 1.807) is 18.7 Å². The molecule has 8 rings (SSSR count). The summed E-state index contributed by atoms with van der Waals surface area (Å²) in [6.45, 7) is 0. The average molecular weight is 428 g/mol. The largest absolute Gasteiger partial charge is 0.472 e. The average Bonchev–Trinajstić information content (AvgIpc) is 3.42. The number of hydrogen-bond donors (Lipinski definition) is 2. The normalized spacial score (nSPS) is 30.8. The van der Waals surface area contributed by atoms with Crippen molar-refractivity contribution in [1.82, 2.24) is 19.5 Å². The monoisotopic (exact) mass is 427 g/mol. The van der Waals surface area contributed by atoms with Crippen molar-refractivity contribution in [2.75, 3.05) is 5.32 Å². The standard InChI is InChI=1S/C25H25N5O2/c31-25-11-16-7-17(12-25)10-24(9-16,14-25)29-22-2-1-20-23(28-22)30(15-27-20)19-3-5-26-21(8-19)18-4-6-32-13-18/h1-6,8,13,15-17,31H,7,9-12,14H2,(H,28,29). The van der Waals surface area contributed by atoms with Crippen molar-refractivity contribution >= 4 is 17.0 Å². The highest BCUT2D eigenvalue weighted by molar-refractivity contribution is 5.76. The van der Waals surface area contributed by atoms with Gasteiger partial charge in [0.2, 0.25) is 0 Å². The molecule has 4 bridgehead atoms. The molecule has 7 heteroatoms. The molecule has 4 aliphatic carbocycles. The quantitative estimate of drug-likeness (QED) is 0.496. The van der Waals surface area contributed by atoms with Gasteiger partial charge in [0.1, 0.15) is 17.7 Å². The number of imidazole rings is 1. The molecule has 4 aromatic heterocycles. The Labute approximate surface area is 185 Å². The molecule has 0 aliphatic heterocycles. The highest BCUT2D eigenvalue weighted by Crippen LogP contribution is 2.58. The molecule has 7 nitrogen and oxygen atoms in total. The molecule has 0 amide bonds. The Morgan fingerprint density at radius 1 is 1.06 bits per heavy atom. The van der Waals surface area contributed by atoms with E-state index in [0.717, 1.165) is 66.0 Å². The highest BCUT2D eigenvalue weighted by atomic mass is 16.3. The van der Waals surface area contributed by atoms with Crippen LogP contribution >= 0.6 is 0 Å². The van der Waals surface area contributed by atoms with Gasteiger partial charge >= 0.3 is 0 Å². The zero-order valence-electron chi connectivity index (χ0n) is 17.7. The van der Waals surface area contributed by atoms with E-state index in [4.69, 9.17) is 9.40 Å². The van der Waals surface area contributed by atoms with E-state index in [1.165, 1.54) is 6.42 Å². The molecule has 2 unspecified atom stereocenters. The Bertz CT molecular complexity index is 1300. The Kier molecular flexibility index (Phi) is 3.69. The number of aliphatic hydroxyl groups is 1. The first kappa shape index (κ1) is 18.4. The molecule has 32 heavy (non-hydrogen) atoms. The molecular formula is C25H25N5O2. The minimum absolute atomic E-state index is 0.0462. The van der Waals surface area contributed by atoms with Gasteiger partial charge in [-0.15, -0.1) is 0 Å². The number of rotatable bonds is 4. The number of nitrogens with zero attached hydrogens (tertiary/aromatic N) is 4. The summed E-state index contributed by atoms with van der Waals surface area (Å²) in [5.74, 6) is 2.11. The summed E-state index contributed by atoms with van der Waals surface area (Å²) >= 11 is 0. The van der Waals surface area contributed by atoms with Crippen molar-refractivity contribution in [2.45, 2.75) is 49.7 Å². The fourth-order valence-electron chi connectivity index (χ4n) is 6.92. The van der Waals surface area contributed by atoms with Gasteiger partial charge in [0.25, 0.3) is 0 Å². The Morgan fingerprint density at radius 3 is 2.72 bits per heavy atom. The molecule has 0 saturated heterocycles. The van der Waals surface area contributed by atoms with Crippen LogP contribution in [0, 0.1) is 11.8 Å². The molecule has 2 atom stereocenters. The van der Waals surface area contributed by atoms with E-state index >= 15 is 0 Å². The molecule has 4 aliphatic rings. The lowest BCUT2D eigenvalue weighted by Crippen LogP contribution is -2.62. The maximum absolute atomic E-state index is 11.1. The molecule has 2 N–H and O–H groups in total. The lowest BCUT2D eigenvalue weighted by Gasteiger charge is -2.60. The van der Waals surface area contributed by atoms with Gasteiger partial charge in [-0.1, -0.05) is 0 Å². The van der Waals surface area contributed by atoms with Crippen LogP contribution < -0.4 is 5.32 Å². The molecule has 4 fully saturated rings. The zero-order chi connectivity index (χ0) is 21.3. The second kappa shape index (κ2) is 6.42. The summed E-state index contributed by atoms with van der Waals surface area (Å²) < 4.78 is 7.21. The molecule has 0 aromatic carbocycles. The van der Waals surface area contributed by atoms with Crippen LogP contribution in [0.5, 0.6) is 0 Å². The lowest BCUT2D eigenvalue weighted by atomic mass is 9.51. The molecule has 162 valence electrons. The fourth-order valence-corrected chi connectivity index (χ4v) is 6.92. The molecule has 4 saturated carbocycles. The molecule has 0 spiro atoms. The summed E-state index contributed by atoms with van der Waals surface area (Å²) in [4.78, 5) is 14.0. The fraction of sp³-hybridized carbons (Fsp3) is 0.400. The van der Waals surface area contributed by atoms with Crippen molar-refractivity contribution in [3.63, 3.8) is 0 Å². The smallest absolute Gasteiger partial charge is 0.166 e. The van der Waals surface area contributed by atoms with Crippen LogP contribution in [0.15, 0.2) is 59.8 Å². The molecule has 0 radical (unpaired) electrons. The van der Waals surface area contributed by atoms with Gasteiger partial charge in [-0.05, 0) is 80.7 Å². The molecule has 4 heterocycles. The number of nitrogens with one attached hydrogen (secondary N) is 1.